The number of benzene rings is 1. The van der Waals surface area contributed by atoms with Crippen LogP contribution in [0, 0.1) is 5.92 Å². The molecule has 0 heterocycles. The molecule has 0 aliphatic heterocycles. The summed E-state index contributed by atoms with van der Waals surface area (Å²) in [7, 11) is 0. The monoisotopic (exact) mass is 288 g/mol. The highest BCUT2D eigenvalue weighted by Gasteiger charge is 2.12. The zero-order valence-corrected chi connectivity index (χ0v) is 13.9. The number of nitrogens with one attached hydrogen (secondary N) is 1. The molecule has 0 amide bonds. The van der Waals surface area contributed by atoms with Gasteiger partial charge in [0.1, 0.15) is 0 Å². The van der Waals surface area contributed by atoms with E-state index in [1.807, 2.05) is 0 Å². The molecule has 1 N–H and O–H groups in total. The molecule has 1 aliphatic rings. The third kappa shape index (κ3) is 5.35. The molecule has 2 heteroatoms. The van der Waals surface area contributed by atoms with Crippen molar-refractivity contribution in [2.75, 3.05) is 24.5 Å². The fraction of sp³-hybridized carbons (Fsp3) is 0.684. The predicted octanol–water partition coefficient (Wildman–Crippen LogP) is 4.59. The Labute approximate surface area is 130 Å². The minimum Gasteiger partial charge on any atom is -0.372 e. The van der Waals surface area contributed by atoms with E-state index in [1.165, 1.54) is 56.3 Å². The van der Waals surface area contributed by atoms with E-state index >= 15 is 0 Å². The van der Waals surface area contributed by atoms with E-state index in [-0.39, 0.29) is 0 Å². The number of anilines is 1. The van der Waals surface area contributed by atoms with Gasteiger partial charge in [-0.25, -0.2) is 0 Å². The van der Waals surface area contributed by atoms with Crippen LogP contribution in [0.5, 0.6) is 0 Å². The Morgan fingerprint density at radius 3 is 2.29 bits per heavy atom. The molecule has 0 saturated heterocycles. The molecule has 0 aromatic heterocycles. The average molecular weight is 288 g/mol. The normalized spacial score (nSPS) is 16.1. The average Bonchev–Trinajstić information content (AvgIpc) is 2.55. The number of nitrogens with zero attached hydrogens (tertiary/aromatic N) is 1. The van der Waals surface area contributed by atoms with Gasteiger partial charge in [-0.2, -0.15) is 0 Å². The molecule has 1 aromatic carbocycles. The lowest BCUT2D eigenvalue weighted by Gasteiger charge is -2.22. The van der Waals surface area contributed by atoms with Crippen molar-refractivity contribution in [1.29, 1.82) is 0 Å². The van der Waals surface area contributed by atoms with Crippen molar-refractivity contribution < 1.29 is 0 Å². The predicted molar refractivity (Wildman–Crippen MR) is 92.9 cm³/mol. The highest BCUT2D eigenvalue weighted by Crippen LogP contribution is 2.25. The first-order valence-electron chi connectivity index (χ1n) is 8.88. The Bertz CT molecular complexity index is 375. The molecule has 0 bridgehead atoms. The van der Waals surface area contributed by atoms with Crippen molar-refractivity contribution in [3.63, 3.8) is 0 Å². The van der Waals surface area contributed by atoms with Gasteiger partial charge in [0.2, 0.25) is 0 Å². The Morgan fingerprint density at radius 2 is 1.67 bits per heavy atom. The fourth-order valence-corrected chi connectivity index (χ4v) is 3.43. The van der Waals surface area contributed by atoms with Crippen LogP contribution in [0.2, 0.25) is 0 Å². The zero-order valence-electron chi connectivity index (χ0n) is 13.9. The van der Waals surface area contributed by atoms with E-state index in [4.69, 9.17) is 0 Å². The first-order chi connectivity index (χ1) is 10.3. The van der Waals surface area contributed by atoms with Crippen LogP contribution in [-0.2, 0) is 6.54 Å². The fourth-order valence-electron chi connectivity index (χ4n) is 3.43. The second-order valence-electron chi connectivity index (χ2n) is 6.31. The van der Waals surface area contributed by atoms with Crippen LogP contribution in [0.4, 0.5) is 5.69 Å². The molecule has 0 spiro atoms. The number of rotatable bonds is 8. The van der Waals surface area contributed by atoms with E-state index in [9.17, 15) is 0 Å². The van der Waals surface area contributed by atoms with Crippen LogP contribution in [-0.4, -0.2) is 19.6 Å². The summed E-state index contributed by atoms with van der Waals surface area (Å²) in [5, 5.41) is 3.61. The van der Waals surface area contributed by atoms with Gasteiger partial charge in [-0.1, -0.05) is 44.2 Å². The standard InChI is InChI=1S/C19H32N2/c1-3-21(4-2)19-12-10-18(11-13-19)16-20-15-14-17-8-6-5-7-9-17/h10-13,17,20H,3-9,14-16H2,1-2H3. The third-order valence-corrected chi connectivity index (χ3v) is 4.85. The van der Waals surface area contributed by atoms with Gasteiger partial charge in [0.15, 0.2) is 0 Å². The highest BCUT2D eigenvalue weighted by atomic mass is 15.1. The molecule has 0 radical (unpaired) electrons. The van der Waals surface area contributed by atoms with Crippen molar-refractivity contribution in [1.82, 2.24) is 5.32 Å². The van der Waals surface area contributed by atoms with E-state index < -0.39 is 0 Å². The van der Waals surface area contributed by atoms with Crippen LogP contribution >= 0.6 is 0 Å². The summed E-state index contributed by atoms with van der Waals surface area (Å²) >= 11 is 0. The van der Waals surface area contributed by atoms with Gasteiger partial charge in [0, 0.05) is 25.3 Å². The molecule has 2 nitrogen and oxygen atoms in total. The number of hydrogen-bond donors (Lipinski definition) is 1. The van der Waals surface area contributed by atoms with E-state index in [1.54, 1.807) is 0 Å². The highest BCUT2D eigenvalue weighted by molar-refractivity contribution is 5.47. The summed E-state index contributed by atoms with van der Waals surface area (Å²) < 4.78 is 0. The Kier molecular flexibility index (Phi) is 7.08. The van der Waals surface area contributed by atoms with E-state index in [0.29, 0.717) is 0 Å². The van der Waals surface area contributed by atoms with Gasteiger partial charge in [0.25, 0.3) is 0 Å². The summed E-state index contributed by atoms with van der Waals surface area (Å²) in [5.41, 5.74) is 2.74. The Balaban J connectivity index is 1.68. The Hall–Kier alpha value is -1.02. The van der Waals surface area contributed by atoms with Gasteiger partial charge in [-0.05, 0) is 50.4 Å². The van der Waals surface area contributed by atoms with Crippen molar-refractivity contribution in [2.45, 2.75) is 58.9 Å². The van der Waals surface area contributed by atoms with Crippen LogP contribution < -0.4 is 10.2 Å². The van der Waals surface area contributed by atoms with E-state index in [0.717, 1.165) is 25.6 Å². The Morgan fingerprint density at radius 1 is 1.00 bits per heavy atom. The maximum atomic E-state index is 3.61. The van der Waals surface area contributed by atoms with Crippen molar-refractivity contribution in [3.05, 3.63) is 29.8 Å². The molecule has 0 atom stereocenters. The lowest BCUT2D eigenvalue weighted by Crippen LogP contribution is -2.22. The molecular formula is C19H32N2. The zero-order chi connectivity index (χ0) is 14.9. The quantitative estimate of drug-likeness (QED) is 0.704. The molecule has 0 unspecified atom stereocenters. The van der Waals surface area contributed by atoms with Crippen LogP contribution in [0.15, 0.2) is 24.3 Å². The summed E-state index contributed by atoms with van der Waals surface area (Å²) in [4.78, 5) is 2.39. The number of hydrogen-bond acceptors (Lipinski definition) is 2. The smallest absolute Gasteiger partial charge is 0.0366 e. The summed E-state index contributed by atoms with van der Waals surface area (Å²) in [6.45, 7) is 8.76. The van der Waals surface area contributed by atoms with E-state index in [2.05, 4.69) is 48.3 Å². The molecular weight excluding hydrogens is 256 g/mol. The molecule has 2 rings (SSSR count). The topological polar surface area (TPSA) is 15.3 Å². The maximum Gasteiger partial charge on any atom is 0.0366 e. The second kappa shape index (κ2) is 9.09. The van der Waals surface area contributed by atoms with Gasteiger partial charge in [-0.15, -0.1) is 0 Å². The van der Waals surface area contributed by atoms with Crippen molar-refractivity contribution in [2.24, 2.45) is 5.92 Å². The van der Waals surface area contributed by atoms with Gasteiger partial charge in [0.05, 0.1) is 0 Å². The van der Waals surface area contributed by atoms with Gasteiger partial charge >= 0.3 is 0 Å². The largest absolute Gasteiger partial charge is 0.372 e. The summed E-state index contributed by atoms with van der Waals surface area (Å²) in [6.07, 6.45) is 8.65. The first-order valence-corrected chi connectivity index (χ1v) is 8.88. The van der Waals surface area contributed by atoms with Crippen LogP contribution in [0.1, 0.15) is 57.9 Å². The first kappa shape index (κ1) is 16.4. The van der Waals surface area contributed by atoms with Gasteiger partial charge in [-0.3, -0.25) is 0 Å². The van der Waals surface area contributed by atoms with Crippen molar-refractivity contribution >= 4 is 5.69 Å². The summed E-state index contributed by atoms with van der Waals surface area (Å²) in [5.74, 6) is 0.983. The van der Waals surface area contributed by atoms with Gasteiger partial charge < -0.3 is 10.2 Å². The SMILES string of the molecule is CCN(CC)c1ccc(CNCCC2CCCCC2)cc1. The molecule has 1 aliphatic carbocycles. The lowest BCUT2D eigenvalue weighted by atomic mass is 9.87. The lowest BCUT2D eigenvalue weighted by molar-refractivity contribution is 0.334. The van der Waals surface area contributed by atoms with Crippen LogP contribution in [0.3, 0.4) is 0 Å². The molecule has 21 heavy (non-hydrogen) atoms. The molecule has 1 saturated carbocycles. The van der Waals surface area contributed by atoms with Crippen molar-refractivity contribution in [3.8, 4) is 0 Å². The maximum absolute atomic E-state index is 3.61. The molecule has 118 valence electrons. The molecule has 1 fully saturated rings. The summed E-state index contributed by atoms with van der Waals surface area (Å²) in [6, 6.07) is 9.04. The second-order valence-corrected chi connectivity index (χ2v) is 6.31. The molecule has 1 aromatic rings. The van der Waals surface area contributed by atoms with Crippen LogP contribution in [0.25, 0.3) is 0 Å². The minimum absolute atomic E-state index is 0.983. The minimum atomic E-state index is 0.983. The third-order valence-electron chi connectivity index (χ3n) is 4.85.